The predicted molar refractivity (Wildman–Crippen MR) is 64.6 cm³/mol. The van der Waals surface area contributed by atoms with Crippen LogP contribution in [0.4, 0.5) is 4.39 Å². The first-order valence-electron chi connectivity index (χ1n) is 5.33. The monoisotopic (exact) mass is 246 g/mol. The van der Waals surface area contributed by atoms with E-state index in [2.05, 4.69) is 0 Å². The summed E-state index contributed by atoms with van der Waals surface area (Å²) < 4.78 is 18.5. The lowest BCUT2D eigenvalue weighted by Crippen LogP contribution is -1.96. The fraction of sp³-hybridized carbons (Fsp3) is 0.0714. The van der Waals surface area contributed by atoms with E-state index >= 15 is 0 Å². The number of aromatic carboxylic acids is 1. The van der Waals surface area contributed by atoms with E-state index < -0.39 is 5.97 Å². The summed E-state index contributed by atoms with van der Waals surface area (Å²) in [5, 5.41) is 8.85. The Kier molecular flexibility index (Phi) is 3.28. The van der Waals surface area contributed by atoms with Gasteiger partial charge in [0.2, 0.25) is 0 Å². The first-order chi connectivity index (χ1) is 8.56. The van der Waals surface area contributed by atoms with Gasteiger partial charge < -0.3 is 9.84 Å². The van der Waals surface area contributed by atoms with Crippen molar-refractivity contribution in [1.82, 2.24) is 0 Å². The highest BCUT2D eigenvalue weighted by atomic mass is 19.1. The van der Waals surface area contributed by atoms with Gasteiger partial charge in [-0.2, -0.15) is 0 Å². The zero-order chi connectivity index (χ0) is 13.1. The van der Waals surface area contributed by atoms with Crippen molar-refractivity contribution in [3.63, 3.8) is 0 Å². The summed E-state index contributed by atoms with van der Waals surface area (Å²) in [6, 6.07) is 10.5. The molecule has 2 rings (SSSR count). The highest BCUT2D eigenvalue weighted by Crippen LogP contribution is 2.24. The maximum absolute atomic E-state index is 13.1. The number of hydrogen-bond donors (Lipinski definition) is 1. The van der Waals surface area contributed by atoms with Gasteiger partial charge in [0.15, 0.2) is 0 Å². The van der Waals surface area contributed by atoms with Gasteiger partial charge in [-0.05, 0) is 48.9 Å². The number of hydrogen-bond acceptors (Lipinski definition) is 2. The lowest BCUT2D eigenvalue weighted by atomic mass is 10.2. The van der Waals surface area contributed by atoms with E-state index in [-0.39, 0.29) is 11.4 Å². The maximum atomic E-state index is 13.1. The van der Waals surface area contributed by atoms with E-state index in [1.807, 2.05) is 0 Å². The highest BCUT2D eigenvalue weighted by Gasteiger charge is 2.05. The van der Waals surface area contributed by atoms with Crippen LogP contribution in [0.2, 0.25) is 0 Å². The minimum absolute atomic E-state index is 0.145. The number of carboxylic acids is 1. The third-order valence-electron chi connectivity index (χ3n) is 2.45. The molecule has 0 radical (unpaired) electrons. The van der Waals surface area contributed by atoms with Crippen LogP contribution in [0.1, 0.15) is 15.9 Å². The Labute approximate surface area is 103 Å². The summed E-state index contributed by atoms with van der Waals surface area (Å²) in [5.41, 5.74) is 0.619. The van der Waals surface area contributed by atoms with E-state index in [9.17, 15) is 9.18 Å². The molecule has 4 heteroatoms. The average molecular weight is 246 g/mol. The molecule has 0 aromatic heterocycles. The molecule has 0 atom stereocenters. The Morgan fingerprint density at radius 2 is 1.89 bits per heavy atom. The highest BCUT2D eigenvalue weighted by molar-refractivity contribution is 5.88. The lowest BCUT2D eigenvalue weighted by Gasteiger charge is -2.07. The fourth-order valence-corrected chi connectivity index (χ4v) is 1.51. The van der Waals surface area contributed by atoms with Crippen molar-refractivity contribution in [2.75, 3.05) is 0 Å². The third-order valence-corrected chi connectivity index (χ3v) is 2.45. The largest absolute Gasteiger partial charge is 0.478 e. The molecule has 92 valence electrons. The number of halogens is 1. The molecule has 0 spiro atoms. The lowest BCUT2D eigenvalue weighted by molar-refractivity contribution is 0.0696. The van der Waals surface area contributed by atoms with Crippen LogP contribution in [0.15, 0.2) is 42.5 Å². The number of aryl methyl sites for hydroxylation is 1. The van der Waals surface area contributed by atoms with E-state index in [4.69, 9.17) is 9.84 Å². The van der Waals surface area contributed by atoms with Crippen molar-refractivity contribution in [1.29, 1.82) is 0 Å². The summed E-state index contributed by atoms with van der Waals surface area (Å²) in [4.78, 5) is 10.8. The second kappa shape index (κ2) is 4.87. The van der Waals surface area contributed by atoms with Crippen LogP contribution in [-0.4, -0.2) is 11.1 Å². The zero-order valence-electron chi connectivity index (χ0n) is 9.68. The first kappa shape index (κ1) is 12.1. The van der Waals surface area contributed by atoms with E-state index in [1.165, 1.54) is 24.3 Å². The molecular formula is C14H11FO3. The van der Waals surface area contributed by atoms with Gasteiger partial charge in [-0.3, -0.25) is 0 Å². The van der Waals surface area contributed by atoms with Crippen molar-refractivity contribution >= 4 is 5.97 Å². The molecule has 0 aliphatic rings. The molecule has 0 heterocycles. The Balaban J connectivity index is 2.25. The second-order valence-electron chi connectivity index (χ2n) is 3.85. The molecule has 2 aromatic carbocycles. The molecule has 18 heavy (non-hydrogen) atoms. The molecule has 0 aliphatic heterocycles. The average Bonchev–Trinajstić information content (AvgIpc) is 2.34. The van der Waals surface area contributed by atoms with Crippen LogP contribution >= 0.6 is 0 Å². The quantitative estimate of drug-likeness (QED) is 0.899. The van der Waals surface area contributed by atoms with Crippen LogP contribution in [0.3, 0.4) is 0 Å². The Morgan fingerprint density at radius 3 is 2.56 bits per heavy atom. The van der Waals surface area contributed by atoms with Crippen molar-refractivity contribution < 1.29 is 19.0 Å². The molecule has 1 N–H and O–H groups in total. The van der Waals surface area contributed by atoms with Crippen LogP contribution < -0.4 is 4.74 Å². The molecule has 0 unspecified atom stereocenters. The van der Waals surface area contributed by atoms with Crippen molar-refractivity contribution in [2.24, 2.45) is 0 Å². The smallest absolute Gasteiger partial charge is 0.335 e. The van der Waals surface area contributed by atoms with Crippen molar-refractivity contribution in [3.05, 3.63) is 59.4 Å². The van der Waals surface area contributed by atoms with Crippen molar-refractivity contribution in [3.8, 4) is 11.5 Å². The molecule has 3 nitrogen and oxygen atoms in total. The second-order valence-corrected chi connectivity index (χ2v) is 3.85. The molecule has 0 bridgehead atoms. The molecule has 2 aromatic rings. The van der Waals surface area contributed by atoms with E-state index in [1.54, 1.807) is 25.1 Å². The zero-order valence-corrected chi connectivity index (χ0v) is 9.68. The minimum atomic E-state index is -1.02. The molecule has 0 saturated carbocycles. The molecular weight excluding hydrogens is 235 g/mol. The standard InChI is InChI=1S/C14H11FO3/c1-9-7-12(5-6-13(9)15)18-11-4-2-3-10(8-11)14(16)17/h2-8H,1H3,(H,16,17). The first-order valence-corrected chi connectivity index (χ1v) is 5.33. The summed E-state index contributed by atoms with van der Waals surface area (Å²) in [5.74, 6) is -0.449. The number of benzene rings is 2. The van der Waals surface area contributed by atoms with Crippen LogP contribution in [0.5, 0.6) is 11.5 Å². The van der Waals surface area contributed by atoms with Crippen molar-refractivity contribution in [2.45, 2.75) is 6.92 Å². The maximum Gasteiger partial charge on any atom is 0.335 e. The van der Waals surface area contributed by atoms with Crippen LogP contribution in [-0.2, 0) is 0 Å². The van der Waals surface area contributed by atoms with Crippen LogP contribution in [0.25, 0.3) is 0 Å². The van der Waals surface area contributed by atoms with Crippen LogP contribution in [0, 0.1) is 12.7 Å². The third kappa shape index (κ3) is 2.66. The Morgan fingerprint density at radius 1 is 1.17 bits per heavy atom. The summed E-state index contributed by atoms with van der Waals surface area (Å²) in [7, 11) is 0. The summed E-state index contributed by atoms with van der Waals surface area (Å²) in [6.45, 7) is 1.63. The normalized spacial score (nSPS) is 10.1. The van der Waals surface area contributed by atoms with Gasteiger partial charge in [-0.1, -0.05) is 6.07 Å². The van der Waals surface area contributed by atoms with E-state index in [0.717, 1.165) is 0 Å². The van der Waals surface area contributed by atoms with Gasteiger partial charge >= 0.3 is 5.97 Å². The Hall–Kier alpha value is -2.36. The fourth-order valence-electron chi connectivity index (χ4n) is 1.51. The van der Waals surface area contributed by atoms with Gasteiger partial charge in [-0.25, -0.2) is 9.18 Å². The van der Waals surface area contributed by atoms with Gasteiger partial charge in [-0.15, -0.1) is 0 Å². The molecule has 0 amide bonds. The number of ether oxygens (including phenoxy) is 1. The van der Waals surface area contributed by atoms with Gasteiger partial charge in [0.05, 0.1) is 5.56 Å². The SMILES string of the molecule is Cc1cc(Oc2cccc(C(=O)O)c2)ccc1F. The topological polar surface area (TPSA) is 46.5 Å². The predicted octanol–water partition coefficient (Wildman–Crippen LogP) is 3.62. The molecule has 0 fully saturated rings. The number of carbonyl (C=O) groups is 1. The Bertz CT molecular complexity index is 593. The summed E-state index contributed by atoms with van der Waals surface area (Å²) in [6.07, 6.45) is 0. The van der Waals surface area contributed by atoms with E-state index in [0.29, 0.717) is 17.1 Å². The molecule has 0 aliphatic carbocycles. The molecule has 0 saturated heterocycles. The number of rotatable bonds is 3. The van der Waals surface area contributed by atoms with Gasteiger partial charge in [0.25, 0.3) is 0 Å². The van der Waals surface area contributed by atoms with Gasteiger partial charge in [0, 0.05) is 0 Å². The number of carboxylic acid groups (broad SMARTS) is 1. The summed E-state index contributed by atoms with van der Waals surface area (Å²) >= 11 is 0. The minimum Gasteiger partial charge on any atom is -0.478 e. The van der Waals surface area contributed by atoms with Gasteiger partial charge in [0.1, 0.15) is 17.3 Å².